The minimum Gasteiger partial charge on any atom is -0.371 e. The molecule has 2 aromatic heterocycles. The minimum atomic E-state index is -3.66. The number of carbonyl (C=O) groups excluding carboxylic acids is 1. The maximum atomic E-state index is 12.9. The molecular formula is C25H31N5O3S2. The Morgan fingerprint density at radius 2 is 1.86 bits per heavy atom. The predicted molar refractivity (Wildman–Crippen MR) is 144 cm³/mol. The summed E-state index contributed by atoms with van der Waals surface area (Å²) in [5, 5.41) is 6.40. The number of thiazole rings is 1. The molecular weight excluding hydrogens is 482 g/mol. The third-order valence-corrected chi connectivity index (χ3v) is 8.61. The van der Waals surface area contributed by atoms with Crippen LogP contribution in [0.25, 0.3) is 10.9 Å². The summed E-state index contributed by atoms with van der Waals surface area (Å²) in [5.41, 5.74) is 2.02. The zero-order chi connectivity index (χ0) is 24.4. The number of aromatic nitrogens is 2. The van der Waals surface area contributed by atoms with E-state index in [1.54, 1.807) is 23.7 Å². The lowest BCUT2D eigenvalue weighted by Gasteiger charge is -2.34. The Balaban J connectivity index is 0.00000190. The van der Waals surface area contributed by atoms with Crippen LogP contribution in [-0.2, 0) is 14.8 Å². The van der Waals surface area contributed by atoms with Crippen LogP contribution >= 0.6 is 11.3 Å². The highest BCUT2D eigenvalue weighted by Crippen LogP contribution is 2.25. The SMILES string of the molecule is C[C@@H](C(=O)NC1CCN(c2ccc(S(=O)(=O)Nc3nccs3)cc2)CC1)n1ccc2ccccc21.[HH].[HH]. The molecule has 0 bridgehead atoms. The Morgan fingerprint density at radius 1 is 1.11 bits per heavy atom. The van der Waals surface area contributed by atoms with Crippen LogP contribution in [0.4, 0.5) is 10.8 Å². The Bertz CT molecular complexity index is 1420. The number of anilines is 2. The average Bonchev–Trinajstić information content (AvgIpc) is 3.54. The first kappa shape index (κ1) is 23.4. The van der Waals surface area contributed by atoms with Crippen molar-refractivity contribution in [3.8, 4) is 0 Å². The van der Waals surface area contributed by atoms with Gasteiger partial charge in [0.2, 0.25) is 5.91 Å². The number of benzene rings is 2. The van der Waals surface area contributed by atoms with Gasteiger partial charge in [0.1, 0.15) is 6.04 Å². The third kappa shape index (κ3) is 5.03. The zero-order valence-electron chi connectivity index (χ0n) is 19.3. The number of nitrogens with one attached hydrogen (secondary N) is 2. The van der Waals surface area contributed by atoms with Gasteiger partial charge in [-0.3, -0.25) is 9.52 Å². The van der Waals surface area contributed by atoms with Crippen molar-refractivity contribution in [3.63, 3.8) is 0 Å². The van der Waals surface area contributed by atoms with Crippen molar-refractivity contribution >= 4 is 49.0 Å². The highest BCUT2D eigenvalue weighted by atomic mass is 32.2. The van der Waals surface area contributed by atoms with Crippen LogP contribution in [0.1, 0.15) is 28.7 Å². The van der Waals surface area contributed by atoms with E-state index in [9.17, 15) is 13.2 Å². The highest BCUT2D eigenvalue weighted by molar-refractivity contribution is 7.93. The van der Waals surface area contributed by atoms with Crippen LogP contribution in [0, 0.1) is 0 Å². The summed E-state index contributed by atoms with van der Waals surface area (Å²) in [6, 6.07) is 16.8. The van der Waals surface area contributed by atoms with E-state index in [0.29, 0.717) is 5.13 Å². The second-order valence-corrected chi connectivity index (χ2v) is 11.2. The first-order chi connectivity index (χ1) is 16.9. The fourth-order valence-electron chi connectivity index (χ4n) is 4.46. The topological polar surface area (TPSA) is 96.3 Å². The van der Waals surface area contributed by atoms with Crippen molar-refractivity contribution in [1.82, 2.24) is 14.9 Å². The van der Waals surface area contributed by atoms with Gasteiger partial charge < -0.3 is 14.8 Å². The van der Waals surface area contributed by atoms with E-state index in [4.69, 9.17) is 0 Å². The lowest BCUT2D eigenvalue weighted by Crippen LogP contribution is -2.46. The van der Waals surface area contributed by atoms with Gasteiger partial charge in [-0.1, -0.05) is 18.2 Å². The standard InChI is InChI=1S/C25H27N5O3S2.2H2/c1-18(30-16-10-19-4-2-3-5-23(19)30)24(31)27-20-11-14-29(15-12-20)21-6-8-22(9-7-21)35(32,33)28-25-26-13-17-34-25;;/h2-10,13,16-18,20H,11-12,14-15H2,1H3,(H,26,28)(H,27,31);2*1H/t18-;;/m0../s1. The number of fused-ring (bicyclic) bond motifs is 1. The molecule has 8 nitrogen and oxygen atoms in total. The summed E-state index contributed by atoms with van der Waals surface area (Å²) in [4.78, 5) is 19.3. The smallest absolute Gasteiger partial charge is 0.263 e. The Labute approximate surface area is 211 Å². The fraction of sp³-hybridized carbons (Fsp3) is 0.280. The van der Waals surface area contributed by atoms with Gasteiger partial charge >= 0.3 is 0 Å². The predicted octanol–water partition coefficient (Wildman–Crippen LogP) is 4.74. The molecule has 0 spiro atoms. The van der Waals surface area contributed by atoms with Gasteiger partial charge in [-0.2, -0.15) is 0 Å². The van der Waals surface area contributed by atoms with Crippen LogP contribution in [0.3, 0.4) is 0 Å². The molecule has 4 aromatic rings. The summed E-state index contributed by atoms with van der Waals surface area (Å²) in [6.45, 7) is 3.50. The maximum absolute atomic E-state index is 12.9. The van der Waals surface area contributed by atoms with Gasteiger partial charge in [0.15, 0.2) is 5.13 Å². The number of hydrogen-bond acceptors (Lipinski definition) is 6. The van der Waals surface area contributed by atoms with Crippen LogP contribution in [-0.4, -0.2) is 43.0 Å². The van der Waals surface area contributed by atoms with E-state index in [1.807, 2.05) is 60.2 Å². The fourth-order valence-corrected chi connectivity index (χ4v) is 6.24. The van der Waals surface area contributed by atoms with Crippen molar-refractivity contribution in [2.45, 2.75) is 36.7 Å². The number of piperidine rings is 1. The largest absolute Gasteiger partial charge is 0.371 e. The molecule has 0 saturated carbocycles. The molecule has 2 aromatic carbocycles. The second kappa shape index (κ2) is 9.71. The Hall–Kier alpha value is -3.37. The van der Waals surface area contributed by atoms with Gasteiger partial charge in [0.25, 0.3) is 10.0 Å². The summed E-state index contributed by atoms with van der Waals surface area (Å²) in [5.74, 6) is 0.0205. The van der Waals surface area contributed by atoms with Crippen LogP contribution in [0.2, 0.25) is 0 Å². The molecule has 35 heavy (non-hydrogen) atoms. The number of nitrogens with zero attached hydrogens (tertiary/aromatic N) is 3. The number of amides is 1. The van der Waals surface area contributed by atoms with Gasteiger partial charge in [-0.25, -0.2) is 13.4 Å². The van der Waals surface area contributed by atoms with Crippen LogP contribution in [0.5, 0.6) is 0 Å². The molecule has 3 heterocycles. The molecule has 186 valence electrons. The summed E-state index contributed by atoms with van der Waals surface area (Å²) in [6.07, 6.45) is 5.18. The van der Waals surface area contributed by atoms with Crippen molar-refractivity contribution in [3.05, 3.63) is 72.4 Å². The molecule has 1 amide bonds. The molecule has 0 aliphatic carbocycles. The second-order valence-electron chi connectivity index (χ2n) is 8.66. The van der Waals surface area contributed by atoms with Crippen molar-refractivity contribution in [1.29, 1.82) is 0 Å². The first-order valence-corrected chi connectivity index (χ1v) is 13.9. The van der Waals surface area contributed by atoms with Crippen LogP contribution < -0.4 is 14.9 Å². The number of sulfonamides is 1. The molecule has 0 radical (unpaired) electrons. The maximum Gasteiger partial charge on any atom is 0.263 e. The molecule has 2 N–H and O–H groups in total. The van der Waals surface area contributed by atoms with Gasteiger partial charge in [-0.15, -0.1) is 11.3 Å². The Morgan fingerprint density at radius 3 is 2.57 bits per heavy atom. The minimum absolute atomic E-state index is 0. The van der Waals surface area contributed by atoms with Crippen molar-refractivity contribution in [2.75, 3.05) is 22.7 Å². The van der Waals surface area contributed by atoms with E-state index in [-0.39, 0.29) is 25.7 Å². The molecule has 10 heteroatoms. The Kier molecular flexibility index (Phi) is 6.48. The molecule has 1 aliphatic heterocycles. The summed E-state index contributed by atoms with van der Waals surface area (Å²) >= 11 is 1.23. The lowest BCUT2D eigenvalue weighted by molar-refractivity contribution is -0.124. The summed E-state index contributed by atoms with van der Waals surface area (Å²) in [7, 11) is -3.66. The molecule has 1 atom stereocenters. The number of rotatable bonds is 7. The molecule has 5 rings (SSSR count). The molecule has 1 fully saturated rings. The zero-order valence-corrected chi connectivity index (χ0v) is 20.9. The van der Waals surface area contributed by atoms with E-state index in [0.717, 1.165) is 42.5 Å². The van der Waals surface area contributed by atoms with E-state index >= 15 is 0 Å². The lowest BCUT2D eigenvalue weighted by atomic mass is 10.0. The van der Waals surface area contributed by atoms with E-state index < -0.39 is 10.0 Å². The van der Waals surface area contributed by atoms with E-state index in [2.05, 4.69) is 19.9 Å². The van der Waals surface area contributed by atoms with E-state index in [1.165, 1.54) is 11.3 Å². The third-order valence-electron chi connectivity index (χ3n) is 6.43. The number of carbonyl (C=O) groups is 1. The average molecular weight is 514 g/mol. The van der Waals surface area contributed by atoms with Gasteiger partial charge in [0, 0.05) is 51.0 Å². The van der Waals surface area contributed by atoms with Crippen LogP contribution in [0.15, 0.2) is 77.3 Å². The first-order valence-electron chi connectivity index (χ1n) is 11.5. The van der Waals surface area contributed by atoms with Crippen molar-refractivity contribution in [2.24, 2.45) is 0 Å². The normalized spacial score (nSPS) is 15.7. The van der Waals surface area contributed by atoms with Gasteiger partial charge in [-0.05, 0) is 61.5 Å². The highest BCUT2D eigenvalue weighted by Gasteiger charge is 2.24. The monoisotopic (exact) mass is 513 g/mol. The quantitative estimate of drug-likeness (QED) is 0.372. The molecule has 1 saturated heterocycles. The summed E-state index contributed by atoms with van der Waals surface area (Å²) < 4.78 is 29.6. The molecule has 1 aliphatic rings. The number of para-hydroxylation sites is 1. The molecule has 0 unspecified atom stereocenters. The van der Waals surface area contributed by atoms with Crippen molar-refractivity contribution < 1.29 is 16.1 Å². The van der Waals surface area contributed by atoms with Gasteiger partial charge in [0.05, 0.1) is 4.90 Å². The number of hydrogen-bond donors (Lipinski definition) is 2.